The molecule has 7 nitrogen and oxygen atoms in total. The van der Waals surface area contributed by atoms with Gasteiger partial charge < -0.3 is 10.8 Å². The molecule has 0 aliphatic rings. The van der Waals surface area contributed by atoms with Crippen LogP contribution in [0, 0.1) is 0 Å². The number of aromatic nitrogens is 4. The maximum absolute atomic E-state index is 10.8. The molecule has 1 unspecified atom stereocenters. The maximum Gasteiger partial charge on any atom is 0.315 e. The third kappa shape index (κ3) is 2.50. The summed E-state index contributed by atoms with van der Waals surface area (Å²) < 4.78 is 0. The van der Waals surface area contributed by atoms with Crippen LogP contribution < -0.4 is 5.73 Å². The minimum absolute atomic E-state index is 0.0365. The molecule has 0 spiro atoms. The molecule has 15 heavy (non-hydrogen) atoms. The van der Waals surface area contributed by atoms with Gasteiger partial charge in [0.25, 0.3) is 0 Å². The second kappa shape index (κ2) is 3.93. The van der Waals surface area contributed by atoms with Gasteiger partial charge in [0.15, 0.2) is 5.82 Å². The van der Waals surface area contributed by atoms with Gasteiger partial charge in [0.1, 0.15) is 5.92 Å². The van der Waals surface area contributed by atoms with Gasteiger partial charge in [0, 0.05) is 6.54 Å². The molecule has 0 aliphatic heterocycles. The molecular weight excluding hydrogens is 198 g/mol. The first-order valence-corrected chi connectivity index (χ1v) is 4.59. The molecule has 7 heteroatoms. The van der Waals surface area contributed by atoms with Crippen molar-refractivity contribution < 1.29 is 9.90 Å². The van der Waals surface area contributed by atoms with Crippen LogP contribution in [-0.4, -0.2) is 37.8 Å². The van der Waals surface area contributed by atoms with E-state index in [-0.39, 0.29) is 17.9 Å². The summed E-state index contributed by atoms with van der Waals surface area (Å²) in [7, 11) is 0. The van der Waals surface area contributed by atoms with Crippen molar-refractivity contribution in [2.45, 2.75) is 32.2 Å². The Bertz CT molecular complexity index is 354. The molecule has 0 radical (unpaired) electrons. The van der Waals surface area contributed by atoms with Crippen molar-refractivity contribution in [1.29, 1.82) is 0 Å². The number of aliphatic carboxylic acids is 1. The predicted molar refractivity (Wildman–Crippen MR) is 52.2 cm³/mol. The van der Waals surface area contributed by atoms with Crippen molar-refractivity contribution in [1.82, 2.24) is 20.2 Å². The van der Waals surface area contributed by atoms with Crippen LogP contribution in [0.4, 0.5) is 0 Å². The molecule has 1 aromatic rings. The van der Waals surface area contributed by atoms with Gasteiger partial charge in [-0.25, -0.2) is 0 Å². The lowest BCUT2D eigenvalue weighted by atomic mass is 10.1. The molecule has 1 aromatic heterocycles. The molecule has 0 fully saturated rings. The van der Waals surface area contributed by atoms with Crippen LogP contribution in [0.5, 0.6) is 0 Å². The van der Waals surface area contributed by atoms with E-state index >= 15 is 0 Å². The second-order valence-electron chi connectivity index (χ2n) is 4.23. The molecule has 1 atom stereocenters. The first-order valence-electron chi connectivity index (χ1n) is 4.59. The van der Waals surface area contributed by atoms with Gasteiger partial charge in [-0.15, -0.1) is 10.2 Å². The SMILES string of the molecule is CC(C)(C)n1nnc(C(CN)C(=O)O)n1. The lowest BCUT2D eigenvalue weighted by Gasteiger charge is -2.15. The topological polar surface area (TPSA) is 107 Å². The number of hydrogen-bond donors (Lipinski definition) is 2. The van der Waals surface area contributed by atoms with E-state index in [1.807, 2.05) is 20.8 Å². The fourth-order valence-corrected chi connectivity index (χ4v) is 0.965. The summed E-state index contributed by atoms with van der Waals surface area (Å²) in [6.07, 6.45) is 0. The highest BCUT2D eigenvalue weighted by Crippen LogP contribution is 2.13. The smallest absolute Gasteiger partial charge is 0.315 e. The van der Waals surface area contributed by atoms with Gasteiger partial charge in [0.2, 0.25) is 0 Å². The van der Waals surface area contributed by atoms with Gasteiger partial charge in [-0.2, -0.15) is 4.80 Å². The van der Waals surface area contributed by atoms with Gasteiger partial charge in [-0.3, -0.25) is 4.79 Å². The van der Waals surface area contributed by atoms with E-state index in [1.165, 1.54) is 4.80 Å². The van der Waals surface area contributed by atoms with E-state index in [9.17, 15) is 4.79 Å². The highest BCUT2D eigenvalue weighted by Gasteiger charge is 2.25. The van der Waals surface area contributed by atoms with Gasteiger partial charge in [-0.1, -0.05) is 0 Å². The summed E-state index contributed by atoms with van der Waals surface area (Å²) in [6, 6.07) is 0. The Balaban J connectivity index is 2.97. The summed E-state index contributed by atoms with van der Waals surface area (Å²) in [5.41, 5.74) is 5.01. The molecule has 1 heterocycles. The van der Waals surface area contributed by atoms with Crippen LogP contribution in [0.1, 0.15) is 32.5 Å². The molecule has 0 aliphatic carbocycles. The standard InChI is InChI=1S/C8H15N5O2/c1-8(2,3)13-11-6(10-12-13)5(4-9)7(14)15/h5H,4,9H2,1-3H3,(H,14,15). The predicted octanol–water partition coefficient (Wildman–Crippen LogP) is -0.445. The van der Waals surface area contributed by atoms with E-state index in [1.54, 1.807) is 0 Å². The van der Waals surface area contributed by atoms with Crippen molar-refractivity contribution in [2.75, 3.05) is 6.54 Å². The zero-order valence-electron chi connectivity index (χ0n) is 9.01. The number of carboxylic acids is 1. The number of carboxylic acid groups (broad SMARTS) is 1. The van der Waals surface area contributed by atoms with Crippen molar-refractivity contribution in [2.24, 2.45) is 5.73 Å². The molecule has 0 aromatic carbocycles. The number of rotatable bonds is 3. The monoisotopic (exact) mass is 213 g/mol. The van der Waals surface area contributed by atoms with Gasteiger partial charge >= 0.3 is 5.97 Å². The van der Waals surface area contributed by atoms with Crippen LogP contribution in [0.3, 0.4) is 0 Å². The Morgan fingerprint density at radius 2 is 2.20 bits per heavy atom. The average molecular weight is 213 g/mol. The third-order valence-electron chi connectivity index (χ3n) is 1.87. The molecule has 0 amide bonds. The average Bonchev–Trinajstić information content (AvgIpc) is 2.52. The minimum atomic E-state index is -1.04. The lowest BCUT2D eigenvalue weighted by Crippen LogP contribution is -2.26. The normalized spacial score (nSPS) is 13.9. The Kier molecular flexibility index (Phi) is 3.04. The fraction of sp³-hybridized carbons (Fsp3) is 0.750. The zero-order chi connectivity index (χ0) is 11.6. The number of nitrogens with two attached hydrogens (primary N) is 1. The fourth-order valence-electron chi connectivity index (χ4n) is 0.965. The van der Waals surface area contributed by atoms with Gasteiger partial charge in [-0.05, 0) is 26.0 Å². The Hall–Kier alpha value is -1.50. The third-order valence-corrected chi connectivity index (χ3v) is 1.87. The Morgan fingerprint density at radius 3 is 2.53 bits per heavy atom. The highest BCUT2D eigenvalue weighted by atomic mass is 16.4. The highest BCUT2D eigenvalue weighted by molar-refractivity contribution is 5.74. The van der Waals surface area contributed by atoms with E-state index in [0.717, 1.165) is 0 Å². The summed E-state index contributed by atoms with van der Waals surface area (Å²) in [4.78, 5) is 12.2. The number of hydrogen-bond acceptors (Lipinski definition) is 5. The zero-order valence-corrected chi connectivity index (χ0v) is 9.01. The van der Waals surface area contributed by atoms with Crippen LogP contribution >= 0.6 is 0 Å². The molecule has 84 valence electrons. The minimum Gasteiger partial charge on any atom is -0.481 e. The van der Waals surface area contributed by atoms with Crippen LogP contribution in [0.15, 0.2) is 0 Å². The van der Waals surface area contributed by atoms with Crippen molar-refractivity contribution in [3.05, 3.63) is 5.82 Å². The second-order valence-corrected chi connectivity index (χ2v) is 4.23. The number of carbonyl (C=O) groups is 1. The summed E-state index contributed by atoms with van der Waals surface area (Å²) >= 11 is 0. The summed E-state index contributed by atoms with van der Waals surface area (Å²) in [6.45, 7) is 5.66. The maximum atomic E-state index is 10.8. The van der Waals surface area contributed by atoms with E-state index in [4.69, 9.17) is 10.8 Å². The Morgan fingerprint density at radius 1 is 1.60 bits per heavy atom. The summed E-state index contributed by atoms with van der Waals surface area (Å²) in [5.74, 6) is -1.77. The van der Waals surface area contributed by atoms with E-state index in [2.05, 4.69) is 15.4 Å². The van der Waals surface area contributed by atoms with Crippen LogP contribution in [0.25, 0.3) is 0 Å². The first-order chi connectivity index (χ1) is 6.86. The molecule has 0 bridgehead atoms. The van der Waals surface area contributed by atoms with E-state index < -0.39 is 11.9 Å². The molecule has 0 saturated heterocycles. The molecule has 3 N–H and O–H groups in total. The molecular formula is C8H15N5O2. The molecule has 1 rings (SSSR count). The van der Waals surface area contributed by atoms with E-state index in [0.29, 0.717) is 0 Å². The van der Waals surface area contributed by atoms with Gasteiger partial charge in [0.05, 0.1) is 5.54 Å². The Labute approximate surface area is 87.3 Å². The van der Waals surface area contributed by atoms with Crippen molar-refractivity contribution >= 4 is 5.97 Å². The number of tetrazole rings is 1. The quantitative estimate of drug-likeness (QED) is 0.704. The lowest BCUT2D eigenvalue weighted by molar-refractivity contribution is -0.138. The van der Waals surface area contributed by atoms with Crippen LogP contribution in [0.2, 0.25) is 0 Å². The van der Waals surface area contributed by atoms with Crippen LogP contribution in [-0.2, 0) is 10.3 Å². The van der Waals surface area contributed by atoms with Crippen molar-refractivity contribution in [3.8, 4) is 0 Å². The largest absolute Gasteiger partial charge is 0.481 e. The first kappa shape index (κ1) is 11.6. The summed E-state index contributed by atoms with van der Waals surface area (Å²) in [5, 5.41) is 20.3. The number of nitrogens with zero attached hydrogens (tertiary/aromatic N) is 4. The van der Waals surface area contributed by atoms with Crippen molar-refractivity contribution in [3.63, 3.8) is 0 Å². The molecule has 0 saturated carbocycles.